The van der Waals surface area contributed by atoms with E-state index in [1.165, 1.54) is 0 Å². The highest BCUT2D eigenvalue weighted by Crippen LogP contribution is 2.71. The highest BCUT2D eigenvalue weighted by Gasteiger charge is 2.76. The van der Waals surface area contributed by atoms with Crippen molar-refractivity contribution in [1.82, 2.24) is 15.5 Å². The van der Waals surface area contributed by atoms with E-state index in [1.54, 1.807) is 23.7 Å². The van der Waals surface area contributed by atoms with Crippen LogP contribution in [0.5, 0.6) is 0 Å². The van der Waals surface area contributed by atoms with Gasteiger partial charge in [-0.25, -0.2) is 0 Å². The van der Waals surface area contributed by atoms with Gasteiger partial charge in [0.25, 0.3) is 0 Å². The van der Waals surface area contributed by atoms with E-state index in [9.17, 15) is 14.4 Å². The molecule has 0 radical (unpaired) electrons. The van der Waals surface area contributed by atoms with Crippen LogP contribution in [0, 0.1) is 11.8 Å². The van der Waals surface area contributed by atoms with Crippen LogP contribution in [0.15, 0.2) is 0 Å². The summed E-state index contributed by atoms with van der Waals surface area (Å²) in [6, 6.07) is -0.540. The van der Waals surface area contributed by atoms with Crippen LogP contribution in [0.1, 0.15) is 52.4 Å². The van der Waals surface area contributed by atoms with Gasteiger partial charge in [-0.05, 0) is 39.0 Å². The van der Waals surface area contributed by atoms with Gasteiger partial charge in [-0.1, -0.05) is 13.3 Å². The number of fused-ring (bicyclic) bond motifs is 1. The van der Waals surface area contributed by atoms with Gasteiger partial charge >= 0.3 is 0 Å². The molecular formula is C20H33N3O4S. The summed E-state index contributed by atoms with van der Waals surface area (Å²) in [5, 5.41) is 14.9. The summed E-state index contributed by atoms with van der Waals surface area (Å²) < 4.78 is -0.835. The number of hydrogen-bond donors (Lipinski definition) is 3. The van der Waals surface area contributed by atoms with E-state index in [0.29, 0.717) is 25.9 Å². The molecule has 3 heterocycles. The van der Waals surface area contributed by atoms with Gasteiger partial charge in [0.1, 0.15) is 6.04 Å². The first-order chi connectivity index (χ1) is 13.4. The average Bonchev–Trinajstić information content (AvgIpc) is 3.23. The molecule has 5 atom stereocenters. The van der Waals surface area contributed by atoms with Crippen molar-refractivity contribution in [3.8, 4) is 0 Å². The standard InChI is InChI=1S/C20H33N3O4S/c1-4-5-10-22-17(26)15-20-9-8-19(2,28-20)13(16(25)21-3)14(20)18(27)23(15)11-6-7-12-24/h13-15,24H,4-12H2,1-3H3,(H,21,25)(H,22,26)/t13-,14-,15?,19+,20?/m0/s1. The summed E-state index contributed by atoms with van der Waals surface area (Å²) in [5.41, 5.74) is 0. The molecule has 158 valence electrons. The maximum absolute atomic E-state index is 13.5. The van der Waals surface area contributed by atoms with Gasteiger partial charge in [-0.2, -0.15) is 0 Å². The fourth-order valence-electron chi connectivity index (χ4n) is 5.40. The summed E-state index contributed by atoms with van der Waals surface area (Å²) >= 11 is 1.69. The molecule has 0 aromatic rings. The number of thioether (sulfide) groups is 1. The Hall–Kier alpha value is -1.28. The zero-order valence-electron chi connectivity index (χ0n) is 17.1. The molecule has 2 bridgehead atoms. The first-order valence-corrected chi connectivity index (χ1v) is 11.3. The fourth-order valence-corrected chi connectivity index (χ4v) is 7.76. The topological polar surface area (TPSA) is 98.7 Å². The number of nitrogens with zero attached hydrogens (tertiary/aromatic N) is 1. The number of hydrogen-bond acceptors (Lipinski definition) is 5. The number of likely N-dealkylation sites (tertiary alicyclic amines) is 1. The van der Waals surface area contributed by atoms with Crippen molar-refractivity contribution in [3.63, 3.8) is 0 Å². The van der Waals surface area contributed by atoms with Crippen molar-refractivity contribution in [2.45, 2.75) is 67.9 Å². The van der Waals surface area contributed by atoms with Crippen molar-refractivity contribution < 1.29 is 19.5 Å². The molecule has 8 heteroatoms. The number of amides is 3. The molecule has 0 aromatic carbocycles. The molecule has 3 N–H and O–H groups in total. The Labute approximate surface area is 171 Å². The second-order valence-electron chi connectivity index (χ2n) is 8.45. The Morgan fingerprint density at radius 1 is 1.25 bits per heavy atom. The minimum atomic E-state index is -0.540. The number of unbranched alkanes of at least 4 members (excludes halogenated alkanes) is 2. The number of nitrogens with one attached hydrogen (secondary N) is 2. The molecule has 3 rings (SSSR count). The minimum absolute atomic E-state index is 0.0671. The zero-order valence-corrected chi connectivity index (χ0v) is 17.9. The lowest BCUT2D eigenvalue weighted by atomic mass is 9.66. The normalized spacial score (nSPS) is 35.9. The lowest BCUT2D eigenvalue weighted by molar-refractivity contribution is -0.140. The van der Waals surface area contributed by atoms with Crippen molar-refractivity contribution in [2.24, 2.45) is 11.8 Å². The molecule has 3 fully saturated rings. The molecule has 28 heavy (non-hydrogen) atoms. The monoisotopic (exact) mass is 411 g/mol. The van der Waals surface area contributed by atoms with E-state index in [-0.39, 0.29) is 29.1 Å². The summed E-state index contributed by atoms with van der Waals surface area (Å²) in [6.45, 7) is 5.26. The first kappa shape index (κ1) is 21.4. The summed E-state index contributed by atoms with van der Waals surface area (Å²) in [7, 11) is 1.61. The molecule has 0 saturated carbocycles. The lowest BCUT2D eigenvalue weighted by Crippen LogP contribution is -2.54. The second kappa shape index (κ2) is 8.22. The van der Waals surface area contributed by atoms with Crippen LogP contribution in [0.3, 0.4) is 0 Å². The van der Waals surface area contributed by atoms with Gasteiger partial charge in [-0.15, -0.1) is 11.8 Å². The Morgan fingerprint density at radius 3 is 2.64 bits per heavy atom. The van der Waals surface area contributed by atoms with E-state index in [4.69, 9.17) is 5.11 Å². The largest absolute Gasteiger partial charge is 0.396 e. The van der Waals surface area contributed by atoms with Crippen LogP contribution in [0.4, 0.5) is 0 Å². The van der Waals surface area contributed by atoms with Gasteiger partial charge in [0, 0.05) is 31.5 Å². The maximum atomic E-state index is 13.5. The minimum Gasteiger partial charge on any atom is -0.396 e. The van der Waals surface area contributed by atoms with Crippen molar-refractivity contribution >= 4 is 29.5 Å². The zero-order chi connectivity index (χ0) is 20.5. The third-order valence-corrected chi connectivity index (χ3v) is 8.68. The summed E-state index contributed by atoms with van der Waals surface area (Å²) in [4.78, 5) is 41.1. The molecule has 3 saturated heterocycles. The number of carbonyl (C=O) groups is 3. The highest BCUT2D eigenvalue weighted by molar-refractivity contribution is 8.02. The number of rotatable bonds is 9. The first-order valence-electron chi connectivity index (χ1n) is 10.5. The number of aliphatic hydroxyl groups is 1. The smallest absolute Gasteiger partial charge is 0.244 e. The van der Waals surface area contributed by atoms with Crippen molar-refractivity contribution in [3.05, 3.63) is 0 Å². The van der Waals surface area contributed by atoms with E-state index in [1.807, 2.05) is 0 Å². The van der Waals surface area contributed by atoms with E-state index >= 15 is 0 Å². The molecule has 1 spiro atoms. The van der Waals surface area contributed by atoms with Crippen LogP contribution in [0.25, 0.3) is 0 Å². The van der Waals surface area contributed by atoms with E-state index in [2.05, 4.69) is 24.5 Å². The van der Waals surface area contributed by atoms with E-state index in [0.717, 1.165) is 25.7 Å². The Kier molecular flexibility index (Phi) is 6.29. The fraction of sp³-hybridized carbons (Fsp3) is 0.850. The predicted molar refractivity (Wildman–Crippen MR) is 109 cm³/mol. The lowest BCUT2D eigenvalue weighted by Gasteiger charge is -2.34. The van der Waals surface area contributed by atoms with Gasteiger partial charge in [-0.3, -0.25) is 14.4 Å². The third kappa shape index (κ3) is 3.22. The third-order valence-electron chi connectivity index (χ3n) is 6.69. The molecule has 3 aliphatic heterocycles. The molecular weight excluding hydrogens is 378 g/mol. The van der Waals surface area contributed by atoms with Crippen LogP contribution in [0.2, 0.25) is 0 Å². The van der Waals surface area contributed by atoms with E-state index < -0.39 is 22.6 Å². The molecule has 7 nitrogen and oxygen atoms in total. The average molecular weight is 412 g/mol. The molecule has 3 amide bonds. The second-order valence-corrected chi connectivity index (χ2v) is 10.3. The van der Waals surface area contributed by atoms with Gasteiger partial charge in [0.15, 0.2) is 0 Å². The van der Waals surface area contributed by atoms with Crippen LogP contribution in [-0.2, 0) is 14.4 Å². The Balaban J connectivity index is 1.94. The molecule has 0 aromatic heterocycles. The summed E-state index contributed by atoms with van der Waals surface area (Å²) in [5.74, 6) is -1.12. The predicted octanol–water partition coefficient (Wildman–Crippen LogP) is 0.903. The van der Waals surface area contributed by atoms with Crippen LogP contribution >= 0.6 is 11.8 Å². The number of carbonyl (C=O) groups excluding carboxylic acids is 3. The summed E-state index contributed by atoms with van der Waals surface area (Å²) in [6.07, 6.45) is 4.75. The molecule has 0 aliphatic carbocycles. The van der Waals surface area contributed by atoms with Gasteiger partial charge in [0.05, 0.1) is 16.6 Å². The molecule has 2 unspecified atom stereocenters. The Morgan fingerprint density at radius 2 is 2.00 bits per heavy atom. The molecule has 3 aliphatic rings. The maximum Gasteiger partial charge on any atom is 0.244 e. The van der Waals surface area contributed by atoms with Crippen molar-refractivity contribution in [2.75, 3.05) is 26.7 Å². The van der Waals surface area contributed by atoms with Gasteiger partial charge in [0.2, 0.25) is 17.7 Å². The van der Waals surface area contributed by atoms with Crippen LogP contribution < -0.4 is 10.6 Å². The van der Waals surface area contributed by atoms with Crippen LogP contribution in [-0.4, -0.2) is 70.0 Å². The Bertz CT molecular complexity index is 645. The van der Waals surface area contributed by atoms with Crippen molar-refractivity contribution in [1.29, 1.82) is 0 Å². The van der Waals surface area contributed by atoms with Gasteiger partial charge < -0.3 is 20.6 Å². The highest BCUT2D eigenvalue weighted by atomic mass is 32.2. The quantitative estimate of drug-likeness (QED) is 0.490. The number of aliphatic hydroxyl groups excluding tert-OH is 1. The SMILES string of the molecule is CCCCNC(=O)C1N(CCCCO)C(=O)[C@@H]2[C@@H](C(=O)NC)[C@@]3(C)CCC12S3.